The van der Waals surface area contributed by atoms with Crippen molar-refractivity contribution in [2.24, 2.45) is 0 Å². The van der Waals surface area contributed by atoms with Crippen molar-refractivity contribution in [2.45, 2.75) is 0 Å². The lowest BCUT2D eigenvalue weighted by Crippen LogP contribution is -2.09. The fourth-order valence-corrected chi connectivity index (χ4v) is 6.84. The molecule has 0 aliphatic rings. The molecule has 0 saturated heterocycles. The average Bonchev–Trinajstić information content (AvgIpc) is 3.50. The number of para-hydroxylation sites is 2. The lowest BCUT2D eigenvalue weighted by Gasteiger charge is -2.26. The molecule has 0 N–H and O–H groups in total. The maximum Gasteiger partial charge on any atom is 0.135 e. The zero-order chi connectivity index (χ0) is 30.5. The van der Waals surface area contributed by atoms with Gasteiger partial charge in [0, 0.05) is 27.8 Å². The van der Waals surface area contributed by atoms with Crippen LogP contribution in [0.4, 0.5) is 17.1 Å². The molecule has 9 rings (SSSR count). The summed E-state index contributed by atoms with van der Waals surface area (Å²) in [6.07, 6.45) is 0. The van der Waals surface area contributed by atoms with Gasteiger partial charge >= 0.3 is 0 Å². The summed E-state index contributed by atoms with van der Waals surface area (Å²) in [5.74, 6) is 0. The molecule has 0 fully saturated rings. The highest BCUT2D eigenvalue weighted by Crippen LogP contribution is 2.40. The van der Waals surface area contributed by atoms with Gasteiger partial charge in [0.15, 0.2) is 0 Å². The maximum absolute atomic E-state index is 6.10. The van der Waals surface area contributed by atoms with Crippen LogP contribution in [0.1, 0.15) is 0 Å². The monoisotopic (exact) mass is 587 g/mol. The van der Waals surface area contributed by atoms with E-state index in [1.54, 1.807) is 0 Å². The third kappa shape index (κ3) is 4.43. The van der Waals surface area contributed by atoms with Gasteiger partial charge in [-0.1, -0.05) is 121 Å². The van der Waals surface area contributed by atoms with Crippen LogP contribution in [-0.2, 0) is 0 Å². The lowest BCUT2D eigenvalue weighted by molar-refractivity contribution is 0.669. The Labute approximate surface area is 267 Å². The largest absolute Gasteiger partial charge is 0.456 e. The Morgan fingerprint density at radius 1 is 0.326 bits per heavy atom. The quantitative estimate of drug-likeness (QED) is 0.186. The molecule has 0 atom stereocenters. The van der Waals surface area contributed by atoms with Gasteiger partial charge in [0.05, 0.1) is 0 Å². The summed E-state index contributed by atoms with van der Waals surface area (Å²) in [6.45, 7) is 0. The van der Waals surface area contributed by atoms with Gasteiger partial charge in [-0.25, -0.2) is 0 Å². The van der Waals surface area contributed by atoms with Crippen LogP contribution in [0, 0.1) is 0 Å². The smallest absolute Gasteiger partial charge is 0.135 e. The van der Waals surface area contributed by atoms with Gasteiger partial charge in [-0.2, -0.15) is 0 Å². The minimum absolute atomic E-state index is 0.909. The second-order valence-corrected chi connectivity index (χ2v) is 11.8. The summed E-state index contributed by atoms with van der Waals surface area (Å²) < 4.78 is 6.10. The summed E-state index contributed by atoms with van der Waals surface area (Å²) in [7, 11) is 0. The number of rotatable bonds is 5. The van der Waals surface area contributed by atoms with E-state index in [1.165, 1.54) is 32.7 Å². The zero-order valence-electron chi connectivity index (χ0n) is 25.1. The molecule has 0 unspecified atom stereocenters. The third-order valence-corrected chi connectivity index (χ3v) is 9.05. The molecule has 0 amide bonds. The first-order chi connectivity index (χ1) is 22.8. The lowest BCUT2D eigenvalue weighted by atomic mass is 9.94. The van der Waals surface area contributed by atoms with Gasteiger partial charge in [-0.05, 0) is 98.4 Å². The molecule has 0 aliphatic heterocycles. The van der Waals surface area contributed by atoms with Gasteiger partial charge in [0.1, 0.15) is 11.2 Å². The molecule has 2 nitrogen and oxygen atoms in total. The van der Waals surface area contributed by atoms with Gasteiger partial charge in [0.2, 0.25) is 0 Å². The number of furan rings is 1. The van der Waals surface area contributed by atoms with E-state index in [-0.39, 0.29) is 0 Å². The van der Waals surface area contributed by atoms with Crippen molar-refractivity contribution >= 4 is 60.5 Å². The molecular weight excluding hydrogens is 558 g/mol. The highest BCUT2D eigenvalue weighted by Gasteiger charge is 2.15. The third-order valence-electron chi connectivity index (χ3n) is 9.05. The number of nitrogens with zero attached hydrogens (tertiary/aromatic N) is 1. The van der Waals surface area contributed by atoms with Gasteiger partial charge < -0.3 is 9.32 Å². The molecule has 0 radical (unpaired) electrons. The van der Waals surface area contributed by atoms with E-state index in [0.717, 1.165) is 50.1 Å². The Kier molecular flexibility index (Phi) is 6.17. The van der Waals surface area contributed by atoms with Gasteiger partial charge in [-0.15, -0.1) is 0 Å². The first-order valence-electron chi connectivity index (χ1n) is 15.7. The molecule has 216 valence electrons. The Morgan fingerprint density at radius 2 is 0.978 bits per heavy atom. The minimum atomic E-state index is 0.909. The van der Waals surface area contributed by atoms with Crippen LogP contribution in [0.5, 0.6) is 0 Å². The van der Waals surface area contributed by atoms with E-state index < -0.39 is 0 Å². The van der Waals surface area contributed by atoms with Crippen LogP contribution in [0.3, 0.4) is 0 Å². The number of hydrogen-bond donors (Lipinski definition) is 0. The van der Waals surface area contributed by atoms with Crippen molar-refractivity contribution in [3.63, 3.8) is 0 Å². The van der Waals surface area contributed by atoms with E-state index in [2.05, 4.69) is 169 Å². The summed E-state index contributed by atoms with van der Waals surface area (Å²) in [6, 6.07) is 62.8. The number of hydrogen-bond acceptors (Lipinski definition) is 2. The van der Waals surface area contributed by atoms with E-state index in [9.17, 15) is 0 Å². The molecule has 0 bridgehead atoms. The Hall–Kier alpha value is -6.12. The van der Waals surface area contributed by atoms with Crippen molar-refractivity contribution in [1.82, 2.24) is 0 Å². The summed E-state index contributed by atoms with van der Waals surface area (Å²) in [4.78, 5) is 2.33. The number of anilines is 3. The van der Waals surface area contributed by atoms with E-state index >= 15 is 0 Å². The molecule has 1 aromatic heterocycles. The second-order valence-electron chi connectivity index (χ2n) is 11.8. The fourth-order valence-electron chi connectivity index (χ4n) is 6.84. The van der Waals surface area contributed by atoms with Crippen LogP contribution in [-0.4, -0.2) is 0 Å². The Bertz CT molecular complexity index is 2530. The first kappa shape index (κ1) is 26.3. The van der Waals surface area contributed by atoms with Crippen LogP contribution in [0.2, 0.25) is 0 Å². The second kappa shape index (κ2) is 10.8. The van der Waals surface area contributed by atoms with Crippen LogP contribution >= 0.6 is 0 Å². The fraction of sp³-hybridized carbons (Fsp3) is 0. The predicted octanol–water partition coefficient (Wildman–Crippen LogP) is 12.7. The van der Waals surface area contributed by atoms with Gasteiger partial charge in [-0.3, -0.25) is 0 Å². The van der Waals surface area contributed by atoms with Gasteiger partial charge in [0.25, 0.3) is 0 Å². The Morgan fingerprint density at radius 3 is 1.87 bits per heavy atom. The zero-order valence-corrected chi connectivity index (χ0v) is 25.1. The van der Waals surface area contributed by atoms with Crippen molar-refractivity contribution in [3.05, 3.63) is 176 Å². The molecule has 0 spiro atoms. The number of fused-ring (bicyclic) bond motifs is 6. The molecular formula is C44H29NO. The molecule has 2 heteroatoms. The standard InChI is InChI=1S/C44H29NO/c1-2-12-34(13-3-1)45(36-14-8-11-32(28-36)33-23-27-44-42(29-33)41-16-6-7-19-43(41)46-44)35-24-20-31(21-25-35)38-17-9-18-39-37-15-5-4-10-30(37)22-26-40(38)39/h1-29H. The summed E-state index contributed by atoms with van der Waals surface area (Å²) in [5.41, 5.74) is 9.90. The molecule has 9 aromatic rings. The van der Waals surface area contributed by atoms with Crippen LogP contribution < -0.4 is 4.90 Å². The highest BCUT2D eigenvalue weighted by atomic mass is 16.3. The minimum Gasteiger partial charge on any atom is -0.456 e. The number of benzene rings is 8. The van der Waals surface area contributed by atoms with E-state index in [1.807, 2.05) is 12.1 Å². The molecule has 8 aromatic carbocycles. The normalized spacial score (nSPS) is 11.5. The highest BCUT2D eigenvalue weighted by molar-refractivity contribution is 6.12. The molecule has 0 saturated carbocycles. The van der Waals surface area contributed by atoms with Crippen molar-refractivity contribution in [2.75, 3.05) is 4.90 Å². The van der Waals surface area contributed by atoms with Crippen LogP contribution in [0.15, 0.2) is 180 Å². The topological polar surface area (TPSA) is 16.4 Å². The summed E-state index contributed by atoms with van der Waals surface area (Å²) >= 11 is 0. The van der Waals surface area contributed by atoms with Crippen LogP contribution in [0.25, 0.3) is 65.7 Å². The maximum atomic E-state index is 6.10. The molecule has 0 aliphatic carbocycles. The first-order valence-corrected chi connectivity index (χ1v) is 15.7. The van der Waals surface area contributed by atoms with E-state index in [4.69, 9.17) is 4.42 Å². The van der Waals surface area contributed by atoms with Crippen molar-refractivity contribution in [1.29, 1.82) is 0 Å². The average molecular weight is 588 g/mol. The predicted molar refractivity (Wildman–Crippen MR) is 194 cm³/mol. The van der Waals surface area contributed by atoms with Crippen molar-refractivity contribution in [3.8, 4) is 22.3 Å². The Balaban J connectivity index is 1.13. The molecule has 46 heavy (non-hydrogen) atoms. The SMILES string of the molecule is c1ccc(N(c2ccc(-c3cccc4c3ccc3ccccc34)cc2)c2cccc(-c3ccc4oc5ccccc5c4c3)c2)cc1. The van der Waals surface area contributed by atoms with E-state index in [0.29, 0.717) is 0 Å². The van der Waals surface area contributed by atoms with Crippen molar-refractivity contribution < 1.29 is 4.42 Å². The summed E-state index contributed by atoms with van der Waals surface area (Å²) in [5, 5.41) is 7.37. The molecule has 1 heterocycles.